The Bertz CT molecular complexity index is 1240. The smallest absolute Gasteiger partial charge is 0.481 e. The summed E-state index contributed by atoms with van der Waals surface area (Å²) in [5.41, 5.74) is 1.09. The van der Waals surface area contributed by atoms with Gasteiger partial charge >= 0.3 is 18.4 Å². The standard InChI is InChI=1S/C28H30F3N3O5/c29-28(30,31)39-23-9-7-20(8-10-23)18-34-26(38)33(17-19-3-1-4-19)25(37)27(34)11-13-32(14-12-27)22-6-2-5-21(15-22)16-24(35)36/h2,5-10,15,19H,1,3-4,11-14,16-18H2,(H,35,36). The van der Waals surface area contributed by atoms with E-state index in [0.717, 1.165) is 24.9 Å². The van der Waals surface area contributed by atoms with Crippen molar-refractivity contribution in [2.75, 3.05) is 24.5 Å². The number of carboxylic acids is 1. The number of urea groups is 1. The number of hydrogen-bond donors (Lipinski definition) is 1. The highest BCUT2D eigenvalue weighted by molar-refractivity contribution is 6.07. The average Bonchev–Trinajstić information content (AvgIpc) is 3.03. The summed E-state index contributed by atoms with van der Waals surface area (Å²) in [6.45, 7) is 1.45. The Morgan fingerprint density at radius 2 is 1.72 bits per heavy atom. The number of aliphatic carboxylic acids is 1. The van der Waals surface area contributed by atoms with Crippen molar-refractivity contribution in [3.8, 4) is 5.75 Å². The maximum absolute atomic E-state index is 13.8. The van der Waals surface area contributed by atoms with Crippen molar-refractivity contribution in [1.82, 2.24) is 9.80 Å². The first kappa shape index (κ1) is 26.8. The first-order chi connectivity index (χ1) is 18.5. The van der Waals surface area contributed by atoms with Crippen molar-refractivity contribution < 1.29 is 37.4 Å². The van der Waals surface area contributed by atoms with Crippen molar-refractivity contribution in [3.63, 3.8) is 0 Å². The highest BCUT2D eigenvalue weighted by atomic mass is 19.4. The number of carboxylic acid groups (broad SMARTS) is 1. The molecule has 2 aromatic rings. The summed E-state index contributed by atoms with van der Waals surface area (Å²) < 4.78 is 41.7. The summed E-state index contributed by atoms with van der Waals surface area (Å²) in [5, 5.41) is 9.14. The van der Waals surface area contributed by atoms with E-state index in [1.165, 1.54) is 29.2 Å². The topological polar surface area (TPSA) is 90.4 Å². The van der Waals surface area contributed by atoms with E-state index in [2.05, 4.69) is 9.64 Å². The van der Waals surface area contributed by atoms with E-state index in [-0.39, 0.29) is 30.7 Å². The number of amides is 3. The van der Waals surface area contributed by atoms with Crippen molar-refractivity contribution in [3.05, 3.63) is 59.7 Å². The van der Waals surface area contributed by atoms with Gasteiger partial charge in [-0.25, -0.2) is 4.79 Å². The summed E-state index contributed by atoms with van der Waals surface area (Å²) in [5.74, 6) is -1.18. The Morgan fingerprint density at radius 3 is 2.31 bits per heavy atom. The number of hydrogen-bond acceptors (Lipinski definition) is 5. The van der Waals surface area contributed by atoms with Crippen LogP contribution < -0.4 is 9.64 Å². The number of carbonyl (C=O) groups is 3. The van der Waals surface area contributed by atoms with Gasteiger partial charge in [0.2, 0.25) is 0 Å². The van der Waals surface area contributed by atoms with Gasteiger partial charge in [-0.05, 0) is 67.0 Å². The highest BCUT2D eigenvalue weighted by Gasteiger charge is 2.58. The van der Waals surface area contributed by atoms with Crippen LogP contribution in [0.5, 0.6) is 5.75 Å². The molecule has 2 aromatic carbocycles. The Kier molecular flexibility index (Phi) is 7.17. The molecule has 0 atom stereocenters. The van der Waals surface area contributed by atoms with Crippen LogP contribution in [0.3, 0.4) is 0 Å². The predicted octanol–water partition coefficient (Wildman–Crippen LogP) is 4.82. The summed E-state index contributed by atoms with van der Waals surface area (Å²) in [7, 11) is 0. The minimum Gasteiger partial charge on any atom is -0.481 e. The SMILES string of the molecule is O=C(O)Cc1cccc(N2CCC3(CC2)C(=O)N(CC2CCC2)C(=O)N3Cc2ccc(OC(F)(F)F)cc2)c1. The molecule has 5 rings (SSSR count). The number of halogens is 3. The first-order valence-electron chi connectivity index (χ1n) is 13.1. The molecule has 8 nitrogen and oxygen atoms in total. The zero-order valence-electron chi connectivity index (χ0n) is 21.3. The van der Waals surface area contributed by atoms with Crippen molar-refractivity contribution in [2.24, 2.45) is 5.92 Å². The molecule has 2 heterocycles. The van der Waals surface area contributed by atoms with Crippen molar-refractivity contribution in [2.45, 2.75) is 57.0 Å². The molecule has 3 aliphatic rings. The van der Waals surface area contributed by atoms with E-state index in [1.54, 1.807) is 17.0 Å². The first-order valence-corrected chi connectivity index (χ1v) is 13.1. The number of benzene rings is 2. The van der Waals surface area contributed by atoms with Crippen LogP contribution in [-0.2, 0) is 22.6 Å². The van der Waals surface area contributed by atoms with Crippen molar-refractivity contribution in [1.29, 1.82) is 0 Å². The van der Waals surface area contributed by atoms with Gasteiger partial charge in [0, 0.05) is 31.9 Å². The summed E-state index contributed by atoms with van der Waals surface area (Å²) in [4.78, 5) is 43.6. The third-order valence-electron chi connectivity index (χ3n) is 8.01. The van der Waals surface area contributed by atoms with E-state index in [0.29, 0.717) is 49.5 Å². The molecule has 1 saturated carbocycles. The Balaban J connectivity index is 1.36. The second kappa shape index (κ2) is 10.4. The van der Waals surface area contributed by atoms with Gasteiger partial charge in [0.1, 0.15) is 11.3 Å². The van der Waals surface area contributed by atoms with E-state index in [4.69, 9.17) is 5.11 Å². The zero-order valence-corrected chi connectivity index (χ0v) is 21.3. The second-order valence-corrected chi connectivity index (χ2v) is 10.5. The molecule has 1 aliphatic carbocycles. The van der Waals surface area contributed by atoms with E-state index in [1.807, 2.05) is 12.1 Å². The third-order valence-corrected chi connectivity index (χ3v) is 8.01. The maximum atomic E-state index is 13.8. The lowest BCUT2D eigenvalue weighted by molar-refractivity contribution is -0.274. The molecule has 0 unspecified atom stereocenters. The molecule has 0 radical (unpaired) electrons. The zero-order chi connectivity index (χ0) is 27.8. The van der Waals surface area contributed by atoms with Gasteiger partial charge in [-0.3, -0.25) is 14.5 Å². The van der Waals surface area contributed by atoms with Crippen LogP contribution in [0.2, 0.25) is 0 Å². The summed E-state index contributed by atoms with van der Waals surface area (Å²) in [6, 6.07) is 12.3. The number of anilines is 1. The largest absolute Gasteiger partial charge is 0.573 e. The molecule has 2 aliphatic heterocycles. The van der Waals surface area contributed by atoms with Crippen LogP contribution >= 0.6 is 0 Å². The van der Waals surface area contributed by atoms with Gasteiger partial charge < -0.3 is 19.6 Å². The maximum Gasteiger partial charge on any atom is 0.573 e. The van der Waals surface area contributed by atoms with Crippen LogP contribution in [0.4, 0.5) is 23.7 Å². The van der Waals surface area contributed by atoms with Crippen molar-refractivity contribution >= 4 is 23.6 Å². The molecular weight excluding hydrogens is 515 g/mol. The summed E-state index contributed by atoms with van der Waals surface area (Å²) >= 11 is 0. The minimum absolute atomic E-state index is 0.0880. The van der Waals surface area contributed by atoms with Crippen LogP contribution in [0.1, 0.15) is 43.2 Å². The predicted molar refractivity (Wildman–Crippen MR) is 135 cm³/mol. The van der Waals surface area contributed by atoms with Gasteiger partial charge in [0.25, 0.3) is 5.91 Å². The Hall–Kier alpha value is -3.76. The molecule has 0 bridgehead atoms. The molecule has 3 amide bonds. The summed E-state index contributed by atoms with van der Waals surface area (Å²) in [6.07, 6.45) is -1.08. The lowest BCUT2D eigenvalue weighted by Gasteiger charge is -2.43. The third kappa shape index (κ3) is 5.67. The number of rotatable bonds is 8. The molecule has 0 aromatic heterocycles. The molecule has 39 heavy (non-hydrogen) atoms. The number of ether oxygens (including phenoxy) is 1. The van der Waals surface area contributed by atoms with Crippen LogP contribution in [0.15, 0.2) is 48.5 Å². The van der Waals surface area contributed by atoms with Crippen LogP contribution in [-0.4, -0.2) is 64.3 Å². The van der Waals surface area contributed by atoms with Gasteiger partial charge in [0.15, 0.2) is 0 Å². The van der Waals surface area contributed by atoms with Crippen LogP contribution in [0, 0.1) is 5.92 Å². The van der Waals surface area contributed by atoms with Gasteiger partial charge in [-0.1, -0.05) is 30.7 Å². The second-order valence-electron chi connectivity index (χ2n) is 10.5. The fourth-order valence-corrected chi connectivity index (χ4v) is 5.73. The lowest BCUT2D eigenvalue weighted by atomic mass is 9.83. The Morgan fingerprint density at radius 1 is 1.03 bits per heavy atom. The molecule has 208 valence electrons. The van der Waals surface area contributed by atoms with E-state index >= 15 is 0 Å². The van der Waals surface area contributed by atoms with Crippen LogP contribution in [0.25, 0.3) is 0 Å². The number of imide groups is 1. The number of nitrogens with zero attached hydrogens (tertiary/aromatic N) is 3. The monoisotopic (exact) mass is 545 g/mol. The van der Waals surface area contributed by atoms with Gasteiger partial charge in [-0.15, -0.1) is 13.2 Å². The number of alkyl halides is 3. The fourth-order valence-electron chi connectivity index (χ4n) is 5.73. The minimum atomic E-state index is -4.80. The van der Waals surface area contributed by atoms with Gasteiger partial charge in [0.05, 0.1) is 6.42 Å². The molecule has 1 N–H and O–H groups in total. The molecule has 11 heteroatoms. The number of piperidine rings is 1. The lowest BCUT2D eigenvalue weighted by Crippen LogP contribution is -2.56. The molecule has 2 saturated heterocycles. The fraction of sp³-hybridized carbons (Fsp3) is 0.464. The molecular formula is C28H30F3N3O5. The normalized spacial score (nSPS) is 19.5. The average molecular weight is 546 g/mol. The quantitative estimate of drug-likeness (QED) is 0.479. The highest BCUT2D eigenvalue weighted by Crippen LogP contribution is 2.41. The molecule has 3 fully saturated rings. The Labute approximate surface area is 223 Å². The number of carbonyl (C=O) groups excluding carboxylic acids is 2. The van der Waals surface area contributed by atoms with E-state index < -0.39 is 17.9 Å². The van der Waals surface area contributed by atoms with Gasteiger partial charge in [-0.2, -0.15) is 0 Å². The molecule has 1 spiro atoms. The van der Waals surface area contributed by atoms with E-state index in [9.17, 15) is 27.6 Å².